The molecule has 0 saturated heterocycles. The van der Waals surface area contributed by atoms with E-state index >= 15 is 0 Å². The van der Waals surface area contributed by atoms with E-state index in [1.165, 1.54) is 16.8 Å². The maximum atomic E-state index is 13.1. The van der Waals surface area contributed by atoms with Crippen molar-refractivity contribution in [1.29, 1.82) is 0 Å². The summed E-state index contributed by atoms with van der Waals surface area (Å²) in [6.07, 6.45) is -8.10. The van der Waals surface area contributed by atoms with Gasteiger partial charge in [-0.15, -0.1) is 0 Å². The molecule has 0 unspecified atom stereocenters. The number of hydrogen-bond acceptors (Lipinski definition) is 1. The highest BCUT2D eigenvalue weighted by Gasteiger charge is 2.37. The molecule has 142 valence electrons. The van der Waals surface area contributed by atoms with Crippen molar-refractivity contribution in [2.75, 3.05) is 0 Å². The monoisotopic (exact) mass is 384 g/mol. The van der Waals surface area contributed by atoms with Gasteiger partial charge in [0.15, 0.2) is 0 Å². The average molecular weight is 384 g/mol. The molecule has 1 heterocycles. The highest BCUT2D eigenvalue weighted by atomic mass is 19.4. The van der Waals surface area contributed by atoms with Crippen molar-refractivity contribution in [3.8, 4) is 16.8 Å². The fourth-order valence-electron chi connectivity index (χ4n) is 2.71. The molecular weight excluding hydrogens is 370 g/mol. The molecule has 1 aromatic heterocycles. The number of alkyl halides is 6. The second kappa shape index (κ2) is 6.44. The van der Waals surface area contributed by atoms with Gasteiger partial charge in [-0.05, 0) is 60.9 Å². The van der Waals surface area contributed by atoms with Crippen LogP contribution < -0.4 is 0 Å². The van der Waals surface area contributed by atoms with E-state index in [-0.39, 0.29) is 17.2 Å². The van der Waals surface area contributed by atoms with Crippen LogP contribution in [0.2, 0.25) is 0 Å². The third kappa shape index (κ3) is 3.99. The Morgan fingerprint density at radius 2 is 1.33 bits per heavy atom. The SMILES string of the molecule is Cc1ccn(-c2cc(-c3cc(C(F)(F)F)cc(C(F)(F)F)c3)ccc2C)n1. The largest absolute Gasteiger partial charge is 0.416 e. The van der Waals surface area contributed by atoms with Crippen molar-refractivity contribution >= 4 is 0 Å². The Kier molecular flexibility index (Phi) is 4.53. The van der Waals surface area contributed by atoms with Gasteiger partial charge in [-0.2, -0.15) is 31.4 Å². The van der Waals surface area contributed by atoms with Gasteiger partial charge in [-0.25, -0.2) is 4.68 Å². The van der Waals surface area contributed by atoms with Gasteiger partial charge >= 0.3 is 12.4 Å². The van der Waals surface area contributed by atoms with E-state index in [9.17, 15) is 26.3 Å². The predicted molar refractivity (Wildman–Crippen MR) is 88.5 cm³/mol. The molecule has 0 radical (unpaired) electrons. The summed E-state index contributed by atoms with van der Waals surface area (Å²) in [5.41, 5.74) is -0.522. The number of halogens is 6. The summed E-state index contributed by atoms with van der Waals surface area (Å²) in [6, 6.07) is 7.96. The molecule has 0 aliphatic rings. The minimum atomic E-state index is -4.89. The first-order valence-corrected chi connectivity index (χ1v) is 7.88. The molecule has 27 heavy (non-hydrogen) atoms. The van der Waals surface area contributed by atoms with Gasteiger partial charge in [0.05, 0.1) is 22.5 Å². The maximum absolute atomic E-state index is 13.1. The van der Waals surface area contributed by atoms with Crippen molar-refractivity contribution in [2.45, 2.75) is 26.2 Å². The Balaban J connectivity index is 2.19. The van der Waals surface area contributed by atoms with Crippen molar-refractivity contribution in [3.63, 3.8) is 0 Å². The molecule has 0 aliphatic heterocycles. The van der Waals surface area contributed by atoms with Crippen molar-refractivity contribution in [3.05, 3.63) is 71.0 Å². The van der Waals surface area contributed by atoms with E-state index in [0.29, 0.717) is 5.69 Å². The standard InChI is InChI=1S/C19H14F6N2/c1-11-3-4-13(9-17(11)27-6-5-12(2)26-27)14-7-15(18(20,21)22)10-16(8-14)19(23,24)25/h3-10H,1-2H3. The third-order valence-corrected chi connectivity index (χ3v) is 4.10. The highest BCUT2D eigenvalue weighted by molar-refractivity contribution is 5.69. The van der Waals surface area contributed by atoms with Crippen LogP contribution >= 0.6 is 0 Å². The first-order chi connectivity index (χ1) is 12.4. The Bertz CT molecular complexity index is 950. The number of aromatic nitrogens is 2. The summed E-state index contributed by atoms with van der Waals surface area (Å²) in [5.74, 6) is 0. The molecule has 0 amide bonds. The second-order valence-electron chi connectivity index (χ2n) is 6.20. The molecule has 0 fully saturated rings. The molecule has 0 saturated carbocycles. The molecule has 0 atom stereocenters. The Hall–Kier alpha value is -2.77. The Labute approximate surface area is 151 Å². The van der Waals surface area contributed by atoms with E-state index < -0.39 is 23.5 Å². The normalized spacial score (nSPS) is 12.4. The smallest absolute Gasteiger partial charge is 0.240 e. The fourth-order valence-corrected chi connectivity index (χ4v) is 2.71. The van der Waals surface area contributed by atoms with E-state index in [0.717, 1.165) is 23.4 Å². The van der Waals surface area contributed by atoms with Gasteiger partial charge < -0.3 is 0 Å². The number of hydrogen-bond donors (Lipinski definition) is 0. The minimum absolute atomic E-state index is 0.120. The summed E-state index contributed by atoms with van der Waals surface area (Å²) in [4.78, 5) is 0. The van der Waals surface area contributed by atoms with Crippen LogP contribution in [0.5, 0.6) is 0 Å². The number of aryl methyl sites for hydroxylation is 2. The molecule has 0 N–H and O–H groups in total. The molecule has 0 aliphatic carbocycles. The molecular formula is C19H14F6N2. The van der Waals surface area contributed by atoms with Crippen LogP contribution in [0.15, 0.2) is 48.7 Å². The van der Waals surface area contributed by atoms with Crippen LogP contribution in [0.1, 0.15) is 22.4 Å². The Morgan fingerprint density at radius 3 is 1.81 bits per heavy atom. The van der Waals surface area contributed by atoms with Crippen LogP contribution in [0.4, 0.5) is 26.3 Å². The molecule has 0 bridgehead atoms. The first kappa shape index (κ1) is 19.0. The molecule has 3 aromatic rings. The lowest BCUT2D eigenvalue weighted by Crippen LogP contribution is -2.11. The van der Waals surface area contributed by atoms with E-state index in [4.69, 9.17) is 0 Å². The van der Waals surface area contributed by atoms with Crippen LogP contribution in [-0.4, -0.2) is 9.78 Å². The second-order valence-corrected chi connectivity index (χ2v) is 6.20. The molecule has 3 rings (SSSR count). The minimum Gasteiger partial charge on any atom is -0.240 e. The van der Waals surface area contributed by atoms with Gasteiger partial charge in [0.2, 0.25) is 0 Å². The van der Waals surface area contributed by atoms with Gasteiger partial charge in [0.25, 0.3) is 0 Å². The number of benzene rings is 2. The highest BCUT2D eigenvalue weighted by Crippen LogP contribution is 2.39. The van der Waals surface area contributed by atoms with E-state index in [2.05, 4.69) is 5.10 Å². The lowest BCUT2D eigenvalue weighted by molar-refractivity contribution is -0.143. The number of nitrogens with zero attached hydrogens (tertiary/aromatic N) is 2. The lowest BCUT2D eigenvalue weighted by atomic mass is 9.97. The number of rotatable bonds is 2. The average Bonchev–Trinajstić information content (AvgIpc) is 2.99. The lowest BCUT2D eigenvalue weighted by Gasteiger charge is -2.15. The zero-order valence-corrected chi connectivity index (χ0v) is 14.3. The zero-order valence-electron chi connectivity index (χ0n) is 14.3. The van der Waals surface area contributed by atoms with Crippen LogP contribution in [0.3, 0.4) is 0 Å². The maximum Gasteiger partial charge on any atom is 0.416 e. The summed E-state index contributed by atoms with van der Waals surface area (Å²) in [5, 5.41) is 4.25. The quantitative estimate of drug-likeness (QED) is 0.482. The van der Waals surface area contributed by atoms with Crippen molar-refractivity contribution in [1.82, 2.24) is 9.78 Å². The zero-order chi connectivity index (χ0) is 20.0. The van der Waals surface area contributed by atoms with Gasteiger partial charge in [-0.1, -0.05) is 12.1 Å². The van der Waals surface area contributed by atoms with E-state index in [1.54, 1.807) is 32.2 Å². The molecule has 2 nitrogen and oxygen atoms in total. The predicted octanol–water partition coefficient (Wildman–Crippen LogP) is 6.19. The summed E-state index contributed by atoms with van der Waals surface area (Å²) in [7, 11) is 0. The van der Waals surface area contributed by atoms with Gasteiger partial charge in [0, 0.05) is 6.20 Å². The topological polar surface area (TPSA) is 17.8 Å². The molecule has 8 heteroatoms. The third-order valence-electron chi connectivity index (χ3n) is 4.10. The Morgan fingerprint density at radius 1 is 0.741 bits per heavy atom. The van der Waals surface area contributed by atoms with Crippen LogP contribution in [0, 0.1) is 13.8 Å². The van der Waals surface area contributed by atoms with Gasteiger partial charge in [-0.3, -0.25) is 0 Å². The molecule has 0 spiro atoms. The summed E-state index contributed by atoms with van der Waals surface area (Å²) >= 11 is 0. The van der Waals surface area contributed by atoms with Crippen molar-refractivity contribution in [2.24, 2.45) is 0 Å². The van der Waals surface area contributed by atoms with Crippen molar-refractivity contribution < 1.29 is 26.3 Å². The molecule has 2 aromatic carbocycles. The van der Waals surface area contributed by atoms with Crippen LogP contribution in [-0.2, 0) is 12.4 Å². The van der Waals surface area contributed by atoms with Gasteiger partial charge in [0.1, 0.15) is 0 Å². The van der Waals surface area contributed by atoms with Crippen LogP contribution in [0.25, 0.3) is 16.8 Å². The first-order valence-electron chi connectivity index (χ1n) is 7.88. The van der Waals surface area contributed by atoms with E-state index in [1.807, 2.05) is 0 Å². The summed E-state index contributed by atoms with van der Waals surface area (Å²) < 4.78 is 80.0. The fraction of sp³-hybridized carbons (Fsp3) is 0.211. The summed E-state index contributed by atoms with van der Waals surface area (Å²) in [6.45, 7) is 3.56.